The van der Waals surface area contributed by atoms with E-state index in [4.69, 9.17) is 0 Å². The molecule has 3 heteroatoms. The van der Waals surface area contributed by atoms with Crippen molar-refractivity contribution in [2.75, 3.05) is 0 Å². The molecule has 108 valence electrons. The second-order valence-electron chi connectivity index (χ2n) is 5.35. The van der Waals surface area contributed by atoms with Crippen molar-refractivity contribution in [1.82, 2.24) is 14.9 Å². The van der Waals surface area contributed by atoms with Crippen molar-refractivity contribution < 1.29 is 0 Å². The van der Waals surface area contributed by atoms with Crippen LogP contribution < -0.4 is 5.32 Å². The van der Waals surface area contributed by atoms with Crippen molar-refractivity contribution in [3.8, 4) is 0 Å². The lowest BCUT2D eigenvalue weighted by Crippen LogP contribution is -2.12. The second kappa shape index (κ2) is 6.55. The summed E-state index contributed by atoms with van der Waals surface area (Å²) < 4.78 is 2.25. The van der Waals surface area contributed by atoms with Crippen LogP contribution in [0.3, 0.4) is 0 Å². The molecule has 0 unspecified atom stereocenters. The van der Waals surface area contributed by atoms with Crippen LogP contribution in [-0.2, 0) is 19.6 Å². The quantitative estimate of drug-likeness (QED) is 0.745. The minimum atomic E-state index is 0.841. The molecule has 3 aromatic rings. The third-order valence-electron chi connectivity index (χ3n) is 3.65. The molecule has 21 heavy (non-hydrogen) atoms. The smallest absolute Gasteiger partial charge is 0.0746 e. The number of aryl methyl sites for hydroxylation is 1. The number of benzene rings is 1. The van der Waals surface area contributed by atoms with Crippen LogP contribution >= 0.6 is 0 Å². The minimum absolute atomic E-state index is 0.841. The molecule has 2 aromatic heterocycles. The van der Waals surface area contributed by atoms with Crippen LogP contribution in [-0.4, -0.2) is 9.55 Å². The predicted molar refractivity (Wildman–Crippen MR) is 87.0 cm³/mol. The summed E-state index contributed by atoms with van der Waals surface area (Å²) in [6, 6.07) is 12.6. The maximum atomic E-state index is 4.49. The van der Waals surface area contributed by atoms with Crippen LogP contribution in [0.15, 0.2) is 55.0 Å². The van der Waals surface area contributed by atoms with Crippen LogP contribution in [0.1, 0.15) is 24.5 Å². The normalized spacial score (nSPS) is 11.1. The van der Waals surface area contributed by atoms with Gasteiger partial charge in [-0.2, -0.15) is 0 Å². The average molecular weight is 279 g/mol. The summed E-state index contributed by atoms with van der Waals surface area (Å²) in [5, 5.41) is 4.71. The van der Waals surface area contributed by atoms with Gasteiger partial charge in [-0.05, 0) is 29.7 Å². The lowest BCUT2D eigenvalue weighted by atomic mass is 10.1. The number of nitrogens with one attached hydrogen (secondary N) is 1. The molecule has 0 amide bonds. The summed E-state index contributed by atoms with van der Waals surface area (Å²) in [5.41, 5.74) is 3.67. The monoisotopic (exact) mass is 279 g/mol. The second-order valence-corrected chi connectivity index (χ2v) is 5.35. The highest BCUT2D eigenvalue weighted by Crippen LogP contribution is 2.15. The number of fused-ring (bicyclic) bond motifs is 1. The van der Waals surface area contributed by atoms with Gasteiger partial charge in [-0.3, -0.25) is 4.98 Å². The standard InChI is InChI=1S/C18H21N3/c1-2-10-21-11-8-15(14-21)12-19-13-17-6-3-5-16-7-4-9-20-18(16)17/h3-9,11,14,19H,2,10,12-13H2,1H3. The van der Waals surface area contributed by atoms with Crippen LogP contribution in [0.5, 0.6) is 0 Å². The van der Waals surface area contributed by atoms with E-state index < -0.39 is 0 Å². The molecule has 1 aromatic carbocycles. The maximum Gasteiger partial charge on any atom is 0.0746 e. The van der Waals surface area contributed by atoms with Gasteiger partial charge in [0.1, 0.15) is 0 Å². The van der Waals surface area contributed by atoms with Gasteiger partial charge in [-0.15, -0.1) is 0 Å². The van der Waals surface area contributed by atoms with Gasteiger partial charge < -0.3 is 9.88 Å². The van der Waals surface area contributed by atoms with Gasteiger partial charge in [0.15, 0.2) is 0 Å². The van der Waals surface area contributed by atoms with Gasteiger partial charge in [0.05, 0.1) is 5.52 Å². The topological polar surface area (TPSA) is 29.9 Å². The fourth-order valence-corrected chi connectivity index (χ4v) is 2.64. The highest BCUT2D eigenvalue weighted by atomic mass is 14.9. The van der Waals surface area contributed by atoms with Crippen LogP contribution in [0, 0.1) is 0 Å². The Labute approximate surface area is 125 Å². The Balaban J connectivity index is 1.63. The van der Waals surface area contributed by atoms with Crippen molar-refractivity contribution in [3.05, 3.63) is 66.1 Å². The Kier molecular flexibility index (Phi) is 4.31. The van der Waals surface area contributed by atoms with E-state index in [0.29, 0.717) is 0 Å². The molecule has 0 fully saturated rings. The molecular formula is C18H21N3. The molecule has 1 N–H and O–H groups in total. The summed E-state index contributed by atoms with van der Waals surface area (Å²) in [4.78, 5) is 4.49. The zero-order chi connectivity index (χ0) is 14.5. The number of para-hydroxylation sites is 1. The number of aromatic nitrogens is 2. The van der Waals surface area contributed by atoms with Crippen molar-refractivity contribution in [3.63, 3.8) is 0 Å². The lowest BCUT2D eigenvalue weighted by molar-refractivity contribution is 0.669. The molecule has 0 aliphatic rings. The highest BCUT2D eigenvalue weighted by molar-refractivity contribution is 5.81. The van der Waals surface area contributed by atoms with Crippen molar-refractivity contribution in [2.24, 2.45) is 0 Å². The number of hydrogen-bond donors (Lipinski definition) is 1. The van der Waals surface area contributed by atoms with E-state index in [1.165, 1.54) is 22.9 Å². The fraction of sp³-hybridized carbons (Fsp3) is 0.278. The van der Waals surface area contributed by atoms with Crippen molar-refractivity contribution >= 4 is 10.9 Å². The minimum Gasteiger partial charge on any atom is -0.354 e. The Morgan fingerprint density at radius 1 is 1.10 bits per heavy atom. The molecular weight excluding hydrogens is 258 g/mol. The Bertz CT molecular complexity index is 710. The average Bonchev–Trinajstić information content (AvgIpc) is 2.96. The Morgan fingerprint density at radius 3 is 2.90 bits per heavy atom. The zero-order valence-corrected chi connectivity index (χ0v) is 12.4. The van der Waals surface area contributed by atoms with Crippen LogP contribution in [0.2, 0.25) is 0 Å². The molecule has 3 nitrogen and oxygen atoms in total. The largest absolute Gasteiger partial charge is 0.354 e. The molecule has 0 atom stereocenters. The van der Waals surface area contributed by atoms with E-state index in [9.17, 15) is 0 Å². The van der Waals surface area contributed by atoms with E-state index in [1.807, 2.05) is 12.3 Å². The SMILES string of the molecule is CCCn1ccc(CNCc2cccc3cccnc23)c1. The fourth-order valence-electron chi connectivity index (χ4n) is 2.64. The van der Waals surface area contributed by atoms with Gasteiger partial charge in [-0.25, -0.2) is 0 Å². The molecule has 0 aliphatic heterocycles. The van der Waals surface area contributed by atoms with E-state index >= 15 is 0 Å². The summed E-state index contributed by atoms with van der Waals surface area (Å²) in [7, 11) is 0. The molecule has 2 heterocycles. The molecule has 0 saturated heterocycles. The third kappa shape index (κ3) is 3.31. The number of rotatable bonds is 6. The first-order valence-corrected chi connectivity index (χ1v) is 7.55. The molecule has 3 rings (SSSR count). The van der Waals surface area contributed by atoms with E-state index in [0.717, 1.165) is 25.2 Å². The van der Waals surface area contributed by atoms with Crippen LogP contribution in [0.25, 0.3) is 10.9 Å². The van der Waals surface area contributed by atoms with Crippen molar-refractivity contribution in [1.29, 1.82) is 0 Å². The van der Waals surface area contributed by atoms with E-state index in [-0.39, 0.29) is 0 Å². The predicted octanol–water partition coefficient (Wildman–Crippen LogP) is 3.74. The first-order chi connectivity index (χ1) is 10.4. The summed E-state index contributed by atoms with van der Waals surface area (Å²) in [5.74, 6) is 0. The molecule has 0 bridgehead atoms. The maximum absolute atomic E-state index is 4.49. The van der Waals surface area contributed by atoms with Gasteiger partial charge >= 0.3 is 0 Å². The van der Waals surface area contributed by atoms with E-state index in [2.05, 4.69) is 64.5 Å². The van der Waals surface area contributed by atoms with E-state index in [1.54, 1.807) is 0 Å². The Hall–Kier alpha value is -2.13. The highest BCUT2D eigenvalue weighted by Gasteiger charge is 2.02. The number of pyridine rings is 1. The first-order valence-electron chi connectivity index (χ1n) is 7.55. The Morgan fingerprint density at radius 2 is 2.00 bits per heavy atom. The third-order valence-corrected chi connectivity index (χ3v) is 3.65. The molecule has 0 spiro atoms. The van der Waals surface area contributed by atoms with Gasteiger partial charge in [-0.1, -0.05) is 31.2 Å². The summed E-state index contributed by atoms with van der Waals surface area (Å²) in [6.07, 6.45) is 7.40. The molecule has 0 radical (unpaired) electrons. The molecule has 0 aliphatic carbocycles. The number of hydrogen-bond acceptors (Lipinski definition) is 2. The van der Waals surface area contributed by atoms with Crippen molar-refractivity contribution in [2.45, 2.75) is 33.0 Å². The van der Waals surface area contributed by atoms with Gasteiger partial charge in [0.2, 0.25) is 0 Å². The number of nitrogens with zero attached hydrogens (tertiary/aromatic N) is 2. The summed E-state index contributed by atoms with van der Waals surface area (Å²) >= 11 is 0. The van der Waals surface area contributed by atoms with Gasteiger partial charge in [0.25, 0.3) is 0 Å². The van der Waals surface area contributed by atoms with Crippen LogP contribution in [0.4, 0.5) is 0 Å². The zero-order valence-electron chi connectivity index (χ0n) is 12.4. The first kappa shape index (κ1) is 13.8. The summed E-state index contributed by atoms with van der Waals surface area (Å²) in [6.45, 7) is 5.02. The van der Waals surface area contributed by atoms with Gasteiger partial charge in [0, 0.05) is 43.6 Å². The molecule has 0 saturated carbocycles. The lowest BCUT2D eigenvalue weighted by Gasteiger charge is -2.07.